The summed E-state index contributed by atoms with van der Waals surface area (Å²) in [5.74, 6) is -3.01. The number of nitro groups is 1. The Morgan fingerprint density at radius 3 is 2.48 bits per heavy atom. The zero-order valence-electron chi connectivity index (χ0n) is 10.7. The average molecular weight is 310 g/mol. The normalized spacial score (nSPS) is 18.6. The first kappa shape index (κ1) is 15.5. The molecule has 0 aliphatic carbocycles. The second-order valence-corrected chi connectivity index (χ2v) is 4.84. The Kier molecular flexibility index (Phi) is 3.77. The van der Waals surface area contributed by atoms with Crippen LogP contribution >= 0.6 is 0 Å². The highest BCUT2D eigenvalue weighted by Crippen LogP contribution is 2.38. The summed E-state index contributed by atoms with van der Waals surface area (Å²) in [6, 6.07) is 1.92. The van der Waals surface area contributed by atoms with E-state index in [0.717, 1.165) is 11.0 Å². The minimum Gasteiger partial charge on any atom is -0.360 e. The zero-order chi connectivity index (χ0) is 15.8. The molecule has 4 nitrogen and oxygen atoms in total. The van der Waals surface area contributed by atoms with Crippen molar-refractivity contribution in [1.29, 1.82) is 0 Å². The molecule has 1 aliphatic heterocycles. The third-order valence-electron chi connectivity index (χ3n) is 3.23. The number of halogens is 5. The summed E-state index contributed by atoms with van der Waals surface area (Å²) >= 11 is 0. The van der Waals surface area contributed by atoms with Gasteiger partial charge in [-0.05, 0) is 18.6 Å². The van der Waals surface area contributed by atoms with Crippen molar-refractivity contribution < 1.29 is 26.9 Å². The first-order chi connectivity index (χ1) is 9.60. The Hall–Kier alpha value is -1.93. The van der Waals surface area contributed by atoms with Crippen LogP contribution in [0.4, 0.5) is 33.3 Å². The molecule has 1 heterocycles. The van der Waals surface area contributed by atoms with Gasteiger partial charge in [-0.2, -0.15) is 13.2 Å². The second kappa shape index (κ2) is 5.12. The Morgan fingerprint density at radius 1 is 1.29 bits per heavy atom. The highest BCUT2D eigenvalue weighted by Gasteiger charge is 2.38. The number of hydrogen-bond donors (Lipinski definition) is 0. The highest BCUT2D eigenvalue weighted by molar-refractivity contribution is 5.65. The van der Waals surface area contributed by atoms with Gasteiger partial charge in [0.25, 0.3) is 11.6 Å². The van der Waals surface area contributed by atoms with Crippen LogP contribution in [0.2, 0.25) is 0 Å². The van der Waals surface area contributed by atoms with E-state index in [9.17, 15) is 32.1 Å². The second-order valence-electron chi connectivity index (χ2n) is 4.84. The fourth-order valence-corrected chi connectivity index (χ4v) is 2.28. The van der Waals surface area contributed by atoms with Crippen LogP contribution in [0.3, 0.4) is 0 Å². The molecule has 1 aliphatic rings. The van der Waals surface area contributed by atoms with Gasteiger partial charge < -0.3 is 4.90 Å². The van der Waals surface area contributed by atoms with Crippen LogP contribution in [0.1, 0.15) is 18.4 Å². The fourth-order valence-electron chi connectivity index (χ4n) is 2.28. The lowest BCUT2D eigenvalue weighted by molar-refractivity contribution is -0.384. The quantitative estimate of drug-likeness (QED) is 0.473. The Bertz CT molecular complexity index is 559. The summed E-state index contributed by atoms with van der Waals surface area (Å²) in [7, 11) is 0. The number of benzene rings is 1. The van der Waals surface area contributed by atoms with Crippen molar-refractivity contribution in [3.05, 3.63) is 33.9 Å². The van der Waals surface area contributed by atoms with E-state index in [0.29, 0.717) is 12.1 Å². The zero-order valence-corrected chi connectivity index (χ0v) is 10.7. The van der Waals surface area contributed by atoms with E-state index < -0.39 is 34.8 Å². The smallest absolute Gasteiger partial charge is 0.360 e. The standard InChI is InChI=1S/C12H11F5N2O2/c13-11(14)4-1-5-18(7-11)9-3-2-8(12(15,16)17)6-10(9)19(20)21/h2-3,6H,1,4-5,7H2. The number of nitrogens with zero attached hydrogens (tertiary/aromatic N) is 2. The summed E-state index contributed by atoms with van der Waals surface area (Å²) < 4.78 is 64.4. The number of alkyl halides is 5. The molecule has 116 valence electrons. The molecule has 0 spiro atoms. The van der Waals surface area contributed by atoms with Gasteiger partial charge in [0, 0.05) is 19.0 Å². The maximum atomic E-state index is 13.4. The molecular weight excluding hydrogens is 299 g/mol. The molecule has 0 aromatic heterocycles. The number of piperidine rings is 1. The number of anilines is 1. The predicted molar refractivity (Wildman–Crippen MR) is 64.5 cm³/mol. The van der Waals surface area contributed by atoms with Gasteiger partial charge in [0.2, 0.25) is 0 Å². The Morgan fingerprint density at radius 2 is 1.95 bits per heavy atom. The van der Waals surface area contributed by atoms with Crippen molar-refractivity contribution in [3.63, 3.8) is 0 Å². The number of nitro benzene ring substituents is 1. The maximum absolute atomic E-state index is 13.4. The van der Waals surface area contributed by atoms with Gasteiger partial charge in [0.05, 0.1) is 17.0 Å². The fraction of sp³-hybridized carbons (Fsp3) is 0.500. The van der Waals surface area contributed by atoms with Crippen molar-refractivity contribution in [2.45, 2.75) is 24.9 Å². The summed E-state index contributed by atoms with van der Waals surface area (Å²) in [4.78, 5) is 11.0. The third kappa shape index (κ3) is 3.40. The number of hydrogen-bond acceptors (Lipinski definition) is 3. The summed E-state index contributed by atoms with van der Waals surface area (Å²) in [6.07, 6.45) is -4.95. The molecule has 0 saturated carbocycles. The van der Waals surface area contributed by atoms with Crippen molar-refractivity contribution in [2.24, 2.45) is 0 Å². The average Bonchev–Trinajstić information content (AvgIpc) is 2.35. The van der Waals surface area contributed by atoms with Crippen LogP contribution < -0.4 is 4.90 Å². The minimum atomic E-state index is -4.73. The van der Waals surface area contributed by atoms with Gasteiger partial charge in [-0.1, -0.05) is 0 Å². The first-order valence-corrected chi connectivity index (χ1v) is 6.08. The molecule has 0 radical (unpaired) electrons. The maximum Gasteiger partial charge on any atom is 0.416 e. The van der Waals surface area contributed by atoms with Crippen molar-refractivity contribution >= 4 is 11.4 Å². The monoisotopic (exact) mass is 310 g/mol. The van der Waals surface area contributed by atoms with Crippen LogP contribution in [-0.2, 0) is 6.18 Å². The van der Waals surface area contributed by atoms with Crippen LogP contribution in [0.15, 0.2) is 18.2 Å². The summed E-state index contributed by atoms with van der Waals surface area (Å²) in [5, 5.41) is 10.9. The predicted octanol–water partition coefficient (Wildman–Crippen LogP) is 3.85. The van der Waals surface area contributed by atoms with Gasteiger partial charge in [-0.3, -0.25) is 10.1 Å². The van der Waals surface area contributed by atoms with Gasteiger partial charge in [-0.25, -0.2) is 8.78 Å². The molecule has 2 rings (SSSR count). The molecule has 0 unspecified atom stereocenters. The SMILES string of the molecule is O=[N+]([O-])c1cc(C(F)(F)F)ccc1N1CCCC(F)(F)C1. The topological polar surface area (TPSA) is 46.4 Å². The third-order valence-corrected chi connectivity index (χ3v) is 3.23. The van der Waals surface area contributed by atoms with Crippen LogP contribution in [0.25, 0.3) is 0 Å². The summed E-state index contributed by atoms with van der Waals surface area (Å²) in [6.45, 7) is -0.596. The molecule has 21 heavy (non-hydrogen) atoms. The van der Waals surface area contributed by atoms with E-state index >= 15 is 0 Å². The lowest BCUT2D eigenvalue weighted by Crippen LogP contribution is -2.42. The largest absolute Gasteiger partial charge is 0.416 e. The Labute approximate surface area is 116 Å². The number of rotatable bonds is 2. The van der Waals surface area contributed by atoms with Crippen LogP contribution in [-0.4, -0.2) is 23.9 Å². The lowest BCUT2D eigenvalue weighted by Gasteiger charge is -2.33. The van der Waals surface area contributed by atoms with Gasteiger partial charge in [-0.15, -0.1) is 0 Å². The molecule has 1 aromatic carbocycles. The lowest BCUT2D eigenvalue weighted by atomic mass is 10.0. The van der Waals surface area contributed by atoms with E-state index in [2.05, 4.69) is 0 Å². The van der Waals surface area contributed by atoms with E-state index in [1.165, 1.54) is 0 Å². The van der Waals surface area contributed by atoms with Crippen LogP contribution in [0, 0.1) is 10.1 Å². The molecule has 1 fully saturated rings. The van der Waals surface area contributed by atoms with E-state index in [1.54, 1.807) is 0 Å². The molecule has 1 saturated heterocycles. The van der Waals surface area contributed by atoms with E-state index in [-0.39, 0.29) is 25.1 Å². The van der Waals surface area contributed by atoms with Crippen molar-refractivity contribution in [3.8, 4) is 0 Å². The van der Waals surface area contributed by atoms with E-state index in [1.807, 2.05) is 0 Å². The molecule has 0 atom stereocenters. The van der Waals surface area contributed by atoms with Crippen molar-refractivity contribution in [1.82, 2.24) is 0 Å². The Balaban J connectivity index is 2.42. The highest BCUT2D eigenvalue weighted by atomic mass is 19.4. The molecule has 9 heteroatoms. The van der Waals surface area contributed by atoms with Crippen molar-refractivity contribution in [2.75, 3.05) is 18.0 Å². The molecule has 0 amide bonds. The van der Waals surface area contributed by atoms with Gasteiger partial charge >= 0.3 is 6.18 Å². The molecule has 1 aromatic rings. The molecular formula is C12H11F5N2O2. The van der Waals surface area contributed by atoms with Gasteiger partial charge in [0.15, 0.2) is 0 Å². The van der Waals surface area contributed by atoms with E-state index in [4.69, 9.17) is 0 Å². The first-order valence-electron chi connectivity index (χ1n) is 6.08. The summed E-state index contributed by atoms with van der Waals surface area (Å²) in [5.41, 5.74) is -2.21. The molecule has 0 bridgehead atoms. The van der Waals surface area contributed by atoms with Gasteiger partial charge in [0.1, 0.15) is 5.69 Å². The molecule has 0 N–H and O–H groups in total. The minimum absolute atomic E-state index is 0.116. The van der Waals surface area contributed by atoms with Crippen LogP contribution in [0.5, 0.6) is 0 Å².